The van der Waals surface area contributed by atoms with Gasteiger partial charge in [0.1, 0.15) is 0 Å². The van der Waals surface area contributed by atoms with E-state index in [0.717, 1.165) is 0 Å². The second-order valence-electron chi connectivity index (χ2n) is 7.56. The molecule has 10 heteroatoms. The Balaban J connectivity index is 1.74. The van der Waals surface area contributed by atoms with Crippen LogP contribution in [-0.4, -0.2) is 23.9 Å². The molecular weight excluding hydrogens is 499 g/mol. The van der Waals surface area contributed by atoms with E-state index in [-0.39, 0.29) is 19.0 Å². The van der Waals surface area contributed by atoms with Crippen molar-refractivity contribution in [1.82, 2.24) is 4.57 Å². The topological polar surface area (TPSA) is 79.1 Å². The van der Waals surface area contributed by atoms with Crippen LogP contribution in [0.2, 0.25) is 10.0 Å². The first-order valence-electron chi connectivity index (χ1n) is 10.4. The number of fused-ring (bicyclic) bond motifs is 2. The summed E-state index contributed by atoms with van der Waals surface area (Å²) in [7, 11) is 0. The molecule has 0 N–H and O–H groups in total. The number of rotatable bonds is 4. The van der Waals surface area contributed by atoms with Crippen LogP contribution in [0.15, 0.2) is 57.5 Å². The lowest BCUT2D eigenvalue weighted by molar-refractivity contribution is -0.139. The van der Waals surface area contributed by atoms with Crippen molar-refractivity contribution in [3.63, 3.8) is 0 Å². The Hall–Kier alpha value is -3.07. The standard InChI is InChI=1S/C24H18Cl2N2O5S/c1-3-31-23(30)19-12(2)27-24-28(21(19)14-7-8-16-17(9-14)33-11-32-16)22(29)18(34-24)10-13-5-4-6-15(25)20(13)26/h4-10,21H,3,11H2,1-2H3/b18-10+. The van der Waals surface area contributed by atoms with Crippen LogP contribution >= 0.6 is 34.5 Å². The predicted octanol–water partition coefficient (Wildman–Crippen LogP) is 3.83. The normalized spacial score (nSPS) is 16.9. The van der Waals surface area contributed by atoms with Gasteiger partial charge in [-0.2, -0.15) is 0 Å². The molecule has 2 aliphatic heterocycles. The monoisotopic (exact) mass is 516 g/mol. The smallest absolute Gasteiger partial charge is 0.338 e. The summed E-state index contributed by atoms with van der Waals surface area (Å²) in [6.07, 6.45) is 1.68. The van der Waals surface area contributed by atoms with E-state index in [1.807, 2.05) is 0 Å². The molecule has 1 aromatic heterocycles. The van der Waals surface area contributed by atoms with Crippen molar-refractivity contribution in [3.8, 4) is 11.5 Å². The van der Waals surface area contributed by atoms with Crippen molar-refractivity contribution in [3.05, 3.63) is 88.5 Å². The largest absolute Gasteiger partial charge is 0.463 e. The quantitative estimate of drug-likeness (QED) is 0.492. The maximum absolute atomic E-state index is 13.6. The first kappa shape index (κ1) is 22.7. The Kier molecular flexibility index (Phi) is 5.97. The van der Waals surface area contributed by atoms with Gasteiger partial charge in [0.15, 0.2) is 16.3 Å². The van der Waals surface area contributed by atoms with Gasteiger partial charge in [0.2, 0.25) is 6.79 Å². The summed E-state index contributed by atoms with van der Waals surface area (Å²) < 4.78 is 18.2. The highest BCUT2D eigenvalue weighted by molar-refractivity contribution is 7.07. The number of carbonyl (C=O) groups excluding carboxylic acids is 1. The minimum atomic E-state index is -0.748. The lowest BCUT2D eigenvalue weighted by Crippen LogP contribution is -2.39. The number of hydrogen-bond acceptors (Lipinski definition) is 7. The number of benzene rings is 2. The Morgan fingerprint density at radius 3 is 2.85 bits per heavy atom. The predicted molar refractivity (Wildman–Crippen MR) is 129 cm³/mol. The number of aromatic nitrogens is 1. The molecule has 1 atom stereocenters. The Labute approximate surface area is 208 Å². The maximum Gasteiger partial charge on any atom is 0.338 e. The number of hydrogen-bond donors (Lipinski definition) is 0. The van der Waals surface area contributed by atoms with E-state index in [9.17, 15) is 9.59 Å². The van der Waals surface area contributed by atoms with Gasteiger partial charge < -0.3 is 14.2 Å². The van der Waals surface area contributed by atoms with Gasteiger partial charge in [0, 0.05) is 0 Å². The third kappa shape index (κ3) is 3.81. The number of thiazole rings is 1. The lowest BCUT2D eigenvalue weighted by Gasteiger charge is -2.24. The van der Waals surface area contributed by atoms with E-state index in [0.29, 0.717) is 53.3 Å². The zero-order valence-corrected chi connectivity index (χ0v) is 20.5. The van der Waals surface area contributed by atoms with Gasteiger partial charge in [-0.05, 0) is 49.2 Å². The molecular formula is C24H18Cl2N2O5S. The van der Waals surface area contributed by atoms with E-state index in [2.05, 4.69) is 4.99 Å². The Morgan fingerprint density at radius 1 is 1.26 bits per heavy atom. The van der Waals surface area contributed by atoms with Crippen LogP contribution in [0, 0.1) is 0 Å². The van der Waals surface area contributed by atoms with Crippen molar-refractivity contribution in [2.24, 2.45) is 4.99 Å². The third-order valence-corrected chi connectivity index (χ3v) is 7.31. The average molecular weight is 517 g/mol. The zero-order valence-electron chi connectivity index (χ0n) is 18.1. The molecule has 3 aromatic rings. The number of esters is 1. The van der Waals surface area contributed by atoms with Gasteiger partial charge in [-0.25, -0.2) is 9.79 Å². The van der Waals surface area contributed by atoms with Gasteiger partial charge in [0.25, 0.3) is 5.56 Å². The number of halogens is 2. The number of nitrogens with zero attached hydrogens (tertiary/aromatic N) is 2. The fourth-order valence-corrected chi connectivity index (χ4v) is 5.36. The summed E-state index contributed by atoms with van der Waals surface area (Å²) in [5, 5.41) is 0.743. The van der Waals surface area contributed by atoms with E-state index >= 15 is 0 Å². The molecule has 34 heavy (non-hydrogen) atoms. The third-order valence-electron chi connectivity index (χ3n) is 5.50. The second-order valence-corrected chi connectivity index (χ2v) is 9.35. The van der Waals surface area contributed by atoms with E-state index in [1.165, 1.54) is 15.9 Å². The van der Waals surface area contributed by atoms with Crippen molar-refractivity contribution in [2.75, 3.05) is 13.4 Å². The molecule has 0 fully saturated rings. The minimum Gasteiger partial charge on any atom is -0.463 e. The van der Waals surface area contributed by atoms with Crippen LogP contribution in [0.3, 0.4) is 0 Å². The summed E-state index contributed by atoms with van der Waals surface area (Å²) >= 11 is 13.7. The van der Waals surface area contributed by atoms with Crippen molar-refractivity contribution < 1.29 is 19.0 Å². The fourth-order valence-electron chi connectivity index (χ4n) is 3.96. The van der Waals surface area contributed by atoms with Crippen molar-refractivity contribution >= 4 is 46.6 Å². The van der Waals surface area contributed by atoms with Gasteiger partial charge in [-0.1, -0.05) is 52.7 Å². The highest BCUT2D eigenvalue weighted by atomic mass is 35.5. The van der Waals surface area contributed by atoms with E-state index < -0.39 is 12.0 Å². The molecule has 0 radical (unpaired) electrons. The molecule has 0 spiro atoms. The van der Waals surface area contributed by atoms with Crippen LogP contribution in [-0.2, 0) is 9.53 Å². The molecule has 0 aliphatic carbocycles. The highest BCUT2D eigenvalue weighted by Crippen LogP contribution is 2.38. The number of carbonyl (C=O) groups is 1. The molecule has 5 rings (SSSR count). The maximum atomic E-state index is 13.6. The van der Waals surface area contributed by atoms with Crippen LogP contribution in [0.25, 0.3) is 6.08 Å². The van der Waals surface area contributed by atoms with Crippen LogP contribution in [0.5, 0.6) is 11.5 Å². The average Bonchev–Trinajstić information content (AvgIpc) is 3.40. The molecule has 3 heterocycles. The van der Waals surface area contributed by atoms with Crippen LogP contribution in [0.1, 0.15) is 31.0 Å². The van der Waals surface area contributed by atoms with Crippen molar-refractivity contribution in [1.29, 1.82) is 0 Å². The molecule has 2 aromatic carbocycles. The molecule has 0 saturated heterocycles. The first-order chi connectivity index (χ1) is 16.4. The highest BCUT2D eigenvalue weighted by Gasteiger charge is 2.34. The van der Waals surface area contributed by atoms with Crippen LogP contribution in [0.4, 0.5) is 0 Å². The molecule has 1 unspecified atom stereocenters. The van der Waals surface area contributed by atoms with E-state index in [1.54, 1.807) is 56.3 Å². The number of ether oxygens (including phenoxy) is 3. The van der Waals surface area contributed by atoms with Gasteiger partial charge in [-0.15, -0.1) is 0 Å². The minimum absolute atomic E-state index is 0.113. The summed E-state index contributed by atoms with van der Waals surface area (Å²) in [5.41, 5.74) is 1.75. The second kappa shape index (κ2) is 8.94. The summed E-state index contributed by atoms with van der Waals surface area (Å²) in [5.74, 6) is 0.618. The van der Waals surface area contributed by atoms with Gasteiger partial charge in [0.05, 0.1) is 38.5 Å². The Morgan fingerprint density at radius 2 is 2.06 bits per heavy atom. The molecule has 7 nitrogen and oxygen atoms in total. The molecule has 0 bridgehead atoms. The fraction of sp³-hybridized carbons (Fsp3) is 0.208. The summed E-state index contributed by atoms with van der Waals surface area (Å²) in [6, 6.07) is 9.81. The summed E-state index contributed by atoms with van der Waals surface area (Å²) in [4.78, 5) is 31.6. The molecule has 0 saturated carbocycles. The van der Waals surface area contributed by atoms with E-state index in [4.69, 9.17) is 37.4 Å². The zero-order chi connectivity index (χ0) is 24.0. The molecule has 174 valence electrons. The Bertz CT molecular complexity index is 1540. The van der Waals surface area contributed by atoms with Crippen molar-refractivity contribution in [2.45, 2.75) is 19.9 Å². The number of allylic oxidation sites excluding steroid dienone is 1. The SMILES string of the molecule is CCOC(=O)C1=C(C)N=c2s/c(=C/c3cccc(Cl)c3Cl)c(=O)n2C1c1ccc2c(c1)OCO2. The lowest BCUT2D eigenvalue weighted by atomic mass is 9.95. The molecule has 0 amide bonds. The first-order valence-corrected chi connectivity index (χ1v) is 12.0. The van der Waals surface area contributed by atoms with Crippen LogP contribution < -0.4 is 24.4 Å². The molecule has 2 aliphatic rings. The van der Waals surface area contributed by atoms with Gasteiger partial charge >= 0.3 is 5.97 Å². The van der Waals surface area contributed by atoms with Gasteiger partial charge in [-0.3, -0.25) is 9.36 Å². The summed E-state index contributed by atoms with van der Waals surface area (Å²) in [6.45, 7) is 3.77.